The van der Waals surface area contributed by atoms with Gasteiger partial charge >= 0.3 is 11.9 Å². The van der Waals surface area contributed by atoms with Gasteiger partial charge < -0.3 is 19.3 Å². The molecule has 0 spiro atoms. The number of ether oxygens (including phenoxy) is 2. The number of rotatable bonds is 12. The average Bonchev–Trinajstić information content (AvgIpc) is 3.72. The molecular formula is C36H46N2O6. The van der Waals surface area contributed by atoms with Gasteiger partial charge in [-0.05, 0) is 48.6 Å². The van der Waals surface area contributed by atoms with Crippen LogP contribution in [0.25, 0.3) is 0 Å². The summed E-state index contributed by atoms with van der Waals surface area (Å²) >= 11 is 0. The highest BCUT2D eigenvalue weighted by Crippen LogP contribution is 2.28. The van der Waals surface area contributed by atoms with Crippen LogP contribution in [-0.2, 0) is 41.9 Å². The van der Waals surface area contributed by atoms with E-state index in [1.807, 2.05) is 101 Å². The third kappa shape index (κ3) is 8.36. The largest absolute Gasteiger partial charge is 0.459 e. The lowest BCUT2D eigenvalue weighted by atomic mass is 9.88. The van der Waals surface area contributed by atoms with Crippen molar-refractivity contribution in [2.45, 2.75) is 78.7 Å². The molecule has 2 aromatic carbocycles. The van der Waals surface area contributed by atoms with Gasteiger partial charge in [-0.15, -0.1) is 0 Å². The molecule has 0 saturated carbocycles. The monoisotopic (exact) mass is 602 g/mol. The molecule has 2 unspecified atom stereocenters. The molecule has 2 aliphatic rings. The molecule has 2 aliphatic heterocycles. The van der Waals surface area contributed by atoms with E-state index in [1.54, 1.807) is 9.80 Å². The fourth-order valence-corrected chi connectivity index (χ4v) is 6.00. The molecule has 2 saturated heterocycles. The smallest absolute Gasteiger partial charge is 0.329 e. The van der Waals surface area contributed by atoms with Crippen molar-refractivity contribution in [2.24, 2.45) is 23.7 Å². The van der Waals surface area contributed by atoms with Gasteiger partial charge in [0.05, 0.1) is 11.8 Å². The molecule has 4 rings (SSSR count). The van der Waals surface area contributed by atoms with E-state index in [0.717, 1.165) is 24.0 Å². The highest BCUT2D eigenvalue weighted by molar-refractivity contribution is 5.89. The third-order valence-corrected chi connectivity index (χ3v) is 8.60. The Morgan fingerprint density at radius 2 is 1.02 bits per heavy atom. The number of esters is 2. The topological polar surface area (TPSA) is 93.2 Å². The van der Waals surface area contributed by atoms with Crippen molar-refractivity contribution in [1.82, 2.24) is 9.80 Å². The lowest BCUT2D eigenvalue weighted by molar-refractivity contribution is -0.155. The van der Waals surface area contributed by atoms with E-state index in [2.05, 4.69) is 0 Å². The lowest BCUT2D eigenvalue weighted by Crippen LogP contribution is -2.45. The molecule has 8 heteroatoms. The second kappa shape index (κ2) is 15.7. The Balaban J connectivity index is 1.41. The standard InChI is InChI=1S/C36H46N2O6/c1-25(2)29(33(39)37-21-11-17-31(37)35(41)43-23-27-13-7-5-8-14-27)19-20-30(26(3)4)34(40)38-22-12-18-32(38)36(42)44-24-28-15-9-6-10-16-28/h5-10,13-16,19-20,25-26,29-32H,11-12,17-18,21-24H2,1-4H3/t29?,30?,31-,32-/m1/s1. The Hall–Kier alpha value is -3.94. The quantitative estimate of drug-likeness (QED) is 0.234. The van der Waals surface area contributed by atoms with E-state index in [9.17, 15) is 19.2 Å². The molecule has 4 atom stereocenters. The Kier molecular flexibility index (Phi) is 11.8. The number of likely N-dealkylation sites (tertiary alicyclic amines) is 2. The van der Waals surface area contributed by atoms with Gasteiger partial charge in [0, 0.05) is 13.1 Å². The molecule has 2 fully saturated rings. The maximum absolute atomic E-state index is 13.8. The maximum Gasteiger partial charge on any atom is 0.329 e. The highest BCUT2D eigenvalue weighted by Gasteiger charge is 2.40. The maximum atomic E-state index is 13.8. The van der Waals surface area contributed by atoms with Crippen molar-refractivity contribution in [2.75, 3.05) is 13.1 Å². The Bertz CT molecular complexity index is 1190. The molecule has 8 nitrogen and oxygen atoms in total. The number of carbonyl (C=O) groups is 4. The summed E-state index contributed by atoms with van der Waals surface area (Å²) in [6.07, 6.45) is 6.26. The van der Waals surface area contributed by atoms with Crippen molar-refractivity contribution >= 4 is 23.8 Å². The van der Waals surface area contributed by atoms with Crippen molar-refractivity contribution in [3.8, 4) is 0 Å². The summed E-state index contributed by atoms with van der Waals surface area (Å²) in [4.78, 5) is 57.0. The zero-order valence-electron chi connectivity index (χ0n) is 26.4. The van der Waals surface area contributed by atoms with Crippen molar-refractivity contribution in [1.29, 1.82) is 0 Å². The normalized spacial score (nSPS) is 19.9. The number of nitrogens with zero attached hydrogens (tertiary/aromatic N) is 2. The minimum Gasteiger partial charge on any atom is -0.459 e. The summed E-state index contributed by atoms with van der Waals surface area (Å²) in [5, 5.41) is 0. The van der Waals surface area contributed by atoms with E-state index in [0.29, 0.717) is 25.9 Å². The molecular weight excluding hydrogens is 556 g/mol. The van der Waals surface area contributed by atoms with E-state index >= 15 is 0 Å². The molecule has 2 aromatic rings. The first-order chi connectivity index (χ1) is 21.2. The SMILES string of the molecule is CC(C)C(C=CC(C(=O)N1CCC[C@@H]1C(=O)OCc1ccccc1)C(C)C)C(=O)N1CCC[C@@H]1C(=O)OCc1ccccc1. The van der Waals surface area contributed by atoms with Crippen LogP contribution in [0.15, 0.2) is 72.8 Å². The average molecular weight is 603 g/mol. The zero-order valence-corrected chi connectivity index (χ0v) is 26.4. The van der Waals surface area contributed by atoms with E-state index < -0.39 is 23.9 Å². The van der Waals surface area contributed by atoms with Crippen LogP contribution in [0.4, 0.5) is 0 Å². The molecule has 2 amide bonds. The summed E-state index contributed by atoms with van der Waals surface area (Å²) in [5.41, 5.74) is 1.79. The second-order valence-electron chi connectivity index (χ2n) is 12.5. The van der Waals surface area contributed by atoms with Crippen LogP contribution < -0.4 is 0 Å². The minimum absolute atomic E-state index is 0.0456. The lowest BCUT2D eigenvalue weighted by Gasteiger charge is -2.30. The fraction of sp³-hybridized carbons (Fsp3) is 0.500. The van der Waals surface area contributed by atoms with Crippen LogP contribution >= 0.6 is 0 Å². The van der Waals surface area contributed by atoms with E-state index in [1.165, 1.54) is 0 Å². The second-order valence-corrected chi connectivity index (χ2v) is 12.5. The van der Waals surface area contributed by atoms with Gasteiger partial charge in [-0.2, -0.15) is 0 Å². The molecule has 44 heavy (non-hydrogen) atoms. The molecule has 0 N–H and O–H groups in total. The van der Waals surface area contributed by atoms with Crippen LogP contribution in [0, 0.1) is 23.7 Å². The molecule has 0 radical (unpaired) electrons. The summed E-state index contributed by atoms with van der Waals surface area (Å²) in [6.45, 7) is 9.20. The molecule has 0 bridgehead atoms. The van der Waals surface area contributed by atoms with Gasteiger partial charge in [-0.3, -0.25) is 9.59 Å². The number of carbonyl (C=O) groups excluding carboxylic acids is 4. The number of benzene rings is 2. The summed E-state index contributed by atoms with van der Waals surface area (Å²) in [5.74, 6) is -2.14. The van der Waals surface area contributed by atoms with Crippen LogP contribution in [0.2, 0.25) is 0 Å². The Labute approximate surface area is 261 Å². The van der Waals surface area contributed by atoms with Gasteiger partial charge in [-0.25, -0.2) is 9.59 Å². The van der Waals surface area contributed by atoms with Crippen LogP contribution in [0.3, 0.4) is 0 Å². The first kappa shape index (κ1) is 33.0. The summed E-state index contributed by atoms with van der Waals surface area (Å²) < 4.78 is 11.2. The number of hydrogen-bond acceptors (Lipinski definition) is 6. The summed E-state index contributed by atoms with van der Waals surface area (Å²) in [6, 6.07) is 17.7. The van der Waals surface area contributed by atoms with E-state index in [4.69, 9.17) is 9.47 Å². The summed E-state index contributed by atoms with van der Waals surface area (Å²) in [7, 11) is 0. The Morgan fingerprint density at radius 3 is 1.36 bits per heavy atom. The van der Waals surface area contributed by atoms with Crippen molar-refractivity contribution in [3.05, 3.63) is 83.9 Å². The Morgan fingerprint density at radius 1 is 0.659 bits per heavy atom. The van der Waals surface area contributed by atoms with Crippen LogP contribution in [-0.4, -0.2) is 58.7 Å². The number of amides is 2. The van der Waals surface area contributed by atoms with Crippen LogP contribution in [0.5, 0.6) is 0 Å². The predicted molar refractivity (Wildman–Crippen MR) is 168 cm³/mol. The van der Waals surface area contributed by atoms with Gasteiger partial charge in [0.25, 0.3) is 0 Å². The molecule has 0 aliphatic carbocycles. The third-order valence-electron chi connectivity index (χ3n) is 8.60. The van der Waals surface area contributed by atoms with Crippen LogP contribution in [0.1, 0.15) is 64.5 Å². The van der Waals surface area contributed by atoms with Gasteiger partial charge in [0.2, 0.25) is 11.8 Å². The van der Waals surface area contributed by atoms with Crippen molar-refractivity contribution in [3.63, 3.8) is 0 Å². The first-order valence-electron chi connectivity index (χ1n) is 15.9. The van der Waals surface area contributed by atoms with E-state index in [-0.39, 0.29) is 48.8 Å². The minimum atomic E-state index is -0.615. The first-order valence-corrected chi connectivity index (χ1v) is 15.9. The molecule has 2 heterocycles. The number of hydrogen-bond donors (Lipinski definition) is 0. The molecule has 0 aromatic heterocycles. The predicted octanol–water partition coefficient (Wildman–Crippen LogP) is 5.56. The van der Waals surface area contributed by atoms with Gasteiger partial charge in [0.15, 0.2) is 0 Å². The van der Waals surface area contributed by atoms with Crippen molar-refractivity contribution < 1.29 is 28.7 Å². The van der Waals surface area contributed by atoms with Gasteiger partial charge in [0.1, 0.15) is 25.3 Å². The highest BCUT2D eigenvalue weighted by atomic mass is 16.5. The molecule has 236 valence electrons. The zero-order chi connectivity index (χ0) is 31.6. The van der Waals surface area contributed by atoms with Gasteiger partial charge in [-0.1, -0.05) is 101 Å². The fourth-order valence-electron chi connectivity index (χ4n) is 6.00.